The van der Waals surface area contributed by atoms with E-state index in [1.807, 2.05) is 13.1 Å². The predicted octanol–water partition coefficient (Wildman–Crippen LogP) is 1.34. The Kier molecular flexibility index (Phi) is 4.51. The maximum absolute atomic E-state index is 8.99. The predicted molar refractivity (Wildman–Crippen MR) is 59.9 cm³/mol. The van der Waals surface area contributed by atoms with Gasteiger partial charge in [-0.05, 0) is 14.1 Å². The summed E-state index contributed by atoms with van der Waals surface area (Å²) in [5.41, 5.74) is 0. The molecule has 0 aromatic carbocycles. The van der Waals surface area contributed by atoms with Gasteiger partial charge in [-0.3, -0.25) is 0 Å². The largest absolute Gasteiger partial charge is 0.396 e. The maximum atomic E-state index is 8.99. The van der Waals surface area contributed by atoms with Gasteiger partial charge in [-0.15, -0.1) is 11.3 Å². The van der Waals surface area contributed by atoms with Gasteiger partial charge in [-0.2, -0.15) is 0 Å². The van der Waals surface area contributed by atoms with E-state index in [9.17, 15) is 0 Å². The van der Waals surface area contributed by atoms with Crippen molar-refractivity contribution in [1.29, 1.82) is 0 Å². The van der Waals surface area contributed by atoms with Crippen LogP contribution in [0.4, 0.5) is 0 Å². The molecule has 1 aromatic rings. The van der Waals surface area contributed by atoms with Crippen LogP contribution in [0.2, 0.25) is 0 Å². The van der Waals surface area contributed by atoms with Gasteiger partial charge in [0.25, 0.3) is 0 Å². The molecule has 1 rings (SSSR count). The second-order valence-electron chi connectivity index (χ2n) is 3.79. The lowest BCUT2D eigenvalue weighted by Gasteiger charge is -2.06. The van der Waals surface area contributed by atoms with E-state index in [0.29, 0.717) is 0 Å². The fourth-order valence-electron chi connectivity index (χ4n) is 1.08. The van der Waals surface area contributed by atoms with Crippen LogP contribution in [-0.4, -0.2) is 42.2 Å². The minimum absolute atomic E-state index is 0.204. The summed E-state index contributed by atoms with van der Waals surface area (Å²) >= 11 is 1.71. The molecular formula is C10H18N2OS. The third-order valence-electron chi connectivity index (χ3n) is 2.10. The summed E-state index contributed by atoms with van der Waals surface area (Å²) in [6, 6.07) is 0. The summed E-state index contributed by atoms with van der Waals surface area (Å²) in [6.45, 7) is 3.25. The molecule has 4 heteroatoms. The molecule has 1 unspecified atom stereocenters. The lowest BCUT2D eigenvalue weighted by atomic mass is 10.2. The van der Waals surface area contributed by atoms with E-state index in [-0.39, 0.29) is 12.5 Å². The van der Waals surface area contributed by atoms with E-state index >= 15 is 0 Å². The van der Waals surface area contributed by atoms with Crippen LogP contribution in [0.25, 0.3) is 0 Å². The Morgan fingerprint density at radius 1 is 1.57 bits per heavy atom. The Labute approximate surface area is 89.4 Å². The zero-order valence-electron chi connectivity index (χ0n) is 9.03. The first kappa shape index (κ1) is 11.6. The van der Waals surface area contributed by atoms with E-state index < -0.39 is 0 Å². The molecule has 3 nitrogen and oxygen atoms in total. The van der Waals surface area contributed by atoms with E-state index in [2.05, 4.69) is 24.0 Å². The first-order valence-electron chi connectivity index (χ1n) is 4.83. The standard InChI is InChI=1S/C10H18N2OS/c1-8(7-13)9-6-11-10(14-9)4-5-12(2)3/h6,8,13H,4-5,7H2,1-3H3. The molecule has 0 aliphatic carbocycles. The molecule has 0 saturated carbocycles. The number of thiazole rings is 1. The Bertz CT molecular complexity index is 273. The topological polar surface area (TPSA) is 36.4 Å². The van der Waals surface area contributed by atoms with Gasteiger partial charge in [0, 0.05) is 30.0 Å². The van der Waals surface area contributed by atoms with Crippen LogP contribution in [0, 0.1) is 0 Å². The summed E-state index contributed by atoms with van der Waals surface area (Å²) in [5, 5.41) is 10.1. The fraction of sp³-hybridized carbons (Fsp3) is 0.700. The fourth-order valence-corrected chi connectivity index (χ4v) is 2.03. The van der Waals surface area contributed by atoms with Crippen molar-refractivity contribution in [3.8, 4) is 0 Å². The highest BCUT2D eigenvalue weighted by molar-refractivity contribution is 7.11. The average Bonchev–Trinajstić information content (AvgIpc) is 2.62. The van der Waals surface area contributed by atoms with Gasteiger partial charge in [0.2, 0.25) is 0 Å². The normalized spacial score (nSPS) is 13.5. The van der Waals surface area contributed by atoms with Gasteiger partial charge in [-0.1, -0.05) is 6.92 Å². The SMILES string of the molecule is CC(CO)c1cnc(CCN(C)C)s1. The molecule has 0 spiro atoms. The molecule has 1 N–H and O–H groups in total. The second-order valence-corrected chi connectivity index (χ2v) is 4.94. The molecule has 0 bridgehead atoms. The number of aliphatic hydroxyl groups excluding tert-OH is 1. The monoisotopic (exact) mass is 214 g/mol. The Balaban J connectivity index is 2.50. The molecule has 0 aliphatic heterocycles. The minimum atomic E-state index is 0.204. The molecule has 80 valence electrons. The van der Waals surface area contributed by atoms with Crippen molar-refractivity contribution >= 4 is 11.3 Å². The van der Waals surface area contributed by atoms with Crippen LogP contribution in [0.3, 0.4) is 0 Å². The zero-order valence-corrected chi connectivity index (χ0v) is 9.84. The van der Waals surface area contributed by atoms with Crippen LogP contribution in [0.15, 0.2) is 6.20 Å². The molecule has 1 atom stereocenters. The van der Waals surface area contributed by atoms with Crippen molar-refractivity contribution in [1.82, 2.24) is 9.88 Å². The van der Waals surface area contributed by atoms with E-state index in [1.165, 1.54) is 4.88 Å². The smallest absolute Gasteiger partial charge is 0.0940 e. The highest BCUT2D eigenvalue weighted by Crippen LogP contribution is 2.22. The summed E-state index contributed by atoms with van der Waals surface area (Å²) < 4.78 is 0. The van der Waals surface area contributed by atoms with Gasteiger partial charge in [0.1, 0.15) is 0 Å². The molecule has 1 heterocycles. The number of hydrogen-bond acceptors (Lipinski definition) is 4. The third kappa shape index (κ3) is 3.36. The molecule has 0 saturated heterocycles. The summed E-state index contributed by atoms with van der Waals surface area (Å²) in [6.07, 6.45) is 2.88. The number of likely N-dealkylation sites (N-methyl/N-ethyl adjacent to an activating group) is 1. The van der Waals surface area contributed by atoms with E-state index in [4.69, 9.17) is 5.11 Å². The van der Waals surface area contributed by atoms with Gasteiger partial charge in [-0.25, -0.2) is 4.98 Å². The molecule has 0 aliphatic rings. The first-order valence-corrected chi connectivity index (χ1v) is 5.65. The van der Waals surface area contributed by atoms with Crippen LogP contribution in [-0.2, 0) is 6.42 Å². The Morgan fingerprint density at radius 3 is 2.86 bits per heavy atom. The molecule has 0 radical (unpaired) electrons. The molecular weight excluding hydrogens is 196 g/mol. The number of nitrogens with zero attached hydrogens (tertiary/aromatic N) is 2. The van der Waals surface area contributed by atoms with Gasteiger partial charge >= 0.3 is 0 Å². The van der Waals surface area contributed by atoms with Gasteiger partial charge < -0.3 is 10.0 Å². The lowest BCUT2D eigenvalue weighted by molar-refractivity contribution is 0.274. The molecule has 14 heavy (non-hydrogen) atoms. The highest BCUT2D eigenvalue weighted by atomic mass is 32.1. The molecule has 0 fully saturated rings. The van der Waals surface area contributed by atoms with Gasteiger partial charge in [0.15, 0.2) is 0 Å². The average molecular weight is 214 g/mol. The first-order chi connectivity index (χ1) is 6.63. The second kappa shape index (κ2) is 5.44. The lowest BCUT2D eigenvalue weighted by Crippen LogP contribution is -2.14. The van der Waals surface area contributed by atoms with Crippen molar-refractivity contribution in [2.75, 3.05) is 27.2 Å². The highest BCUT2D eigenvalue weighted by Gasteiger charge is 2.08. The maximum Gasteiger partial charge on any atom is 0.0940 e. The van der Waals surface area contributed by atoms with Crippen LogP contribution < -0.4 is 0 Å². The summed E-state index contributed by atoms with van der Waals surface area (Å²) in [5.74, 6) is 0.223. The van der Waals surface area contributed by atoms with Crippen molar-refractivity contribution < 1.29 is 5.11 Å². The molecule has 0 amide bonds. The van der Waals surface area contributed by atoms with Crippen molar-refractivity contribution in [3.05, 3.63) is 16.1 Å². The summed E-state index contributed by atoms with van der Waals surface area (Å²) in [4.78, 5) is 7.67. The van der Waals surface area contributed by atoms with Crippen LogP contribution in [0.1, 0.15) is 22.7 Å². The number of aliphatic hydroxyl groups is 1. The van der Waals surface area contributed by atoms with Crippen molar-refractivity contribution in [2.24, 2.45) is 0 Å². The molecule has 1 aromatic heterocycles. The van der Waals surface area contributed by atoms with E-state index in [0.717, 1.165) is 18.0 Å². The van der Waals surface area contributed by atoms with Crippen molar-refractivity contribution in [2.45, 2.75) is 19.3 Å². The zero-order chi connectivity index (χ0) is 10.6. The number of rotatable bonds is 5. The van der Waals surface area contributed by atoms with Gasteiger partial charge in [0.05, 0.1) is 11.6 Å². The third-order valence-corrected chi connectivity index (χ3v) is 3.39. The Morgan fingerprint density at radius 2 is 2.29 bits per heavy atom. The van der Waals surface area contributed by atoms with Crippen molar-refractivity contribution in [3.63, 3.8) is 0 Å². The summed E-state index contributed by atoms with van der Waals surface area (Å²) in [7, 11) is 4.12. The quantitative estimate of drug-likeness (QED) is 0.803. The van der Waals surface area contributed by atoms with E-state index in [1.54, 1.807) is 11.3 Å². The Hall–Kier alpha value is -0.450. The minimum Gasteiger partial charge on any atom is -0.396 e. The number of hydrogen-bond donors (Lipinski definition) is 1. The van der Waals surface area contributed by atoms with Crippen LogP contribution >= 0.6 is 11.3 Å². The number of aromatic nitrogens is 1. The van der Waals surface area contributed by atoms with Crippen LogP contribution in [0.5, 0.6) is 0 Å².